The SMILES string of the molecule is COc1ccc(C(=O)OC(C)c2cccc([N+](=O)[O-])c2)c(OC)c1. The van der Waals surface area contributed by atoms with Crippen molar-refractivity contribution in [1.82, 2.24) is 0 Å². The molecule has 0 aliphatic heterocycles. The normalized spacial score (nSPS) is 11.5. The van der Waals surface area contributed by atoms with Crippen LogP contribution in [0.1, 0.15) is 28.9 Å². The molecule has 1 atom stereocenters. The van der Waals surface area contributed by atoms with Crippen LogP contribution < -0.4 is 9.47 Å². The van der Waals surface area contributed by atoms with Gasteiger partial charge in [0, 0.05) is 18.2 Å². The van der Waals surface area contributed by atoms with Crippen molar-refractivity contribution in [2.24, 2.45) is 0 Å². The van der Waals surface area contributed by atoms with Gasteiger partial charge in [-0.2, -0.15) is 0 Å². The second-order valence-electron chi connectivity index (χ2n) is 4.97. The van der Waals surface area contributed by atoms with E-state index in [4.69, 9.17) is 14.2 Å². The van der Waals surface area contributed by atoms with E-state index in [-0.39, 0.29) is 11.3 Å². The molecule has 24 heavy (non-hydrogen) atoms. The number of esters is 1. The van der Waals surface area contributed by atoms with Crippen molar-refractivity contribution in [1.29, 1.82) is 0 Å². The molecule has 0 saturated heterocycles. The fourth-order valence-electron chi connectivity index (χ4n) is 2.15. The zero-order chi connectivity index (χ0) is 17.7. The molecule has 0 aromatic heterocycles. The molecule has 0 aliphatic rings. The van der Waals surface area contributed by atoms with E-state index in [1.807, 2.05) is 0 Å². The number of carbonyl (C=O) groups is 1. The van der Waals surface area contributed by atoms with Gasteiger partial charge >= 0.3 is 5.97 Å². The average molecular weight is 331 g/mol. The van der Waals surface area contributed by atoms with Gasteiger partial charge in [-0.3, -0.25) is 10.1 Å². The molecule has 0 heterocycles. The van der Waals surface area contributed by atoms with Crippen molar-refractivity contribution in [3.63, 3.8) is 0 Å². The third-order valence-electron chi connectivity index (χ3n) is 3.46. The summed E-state index contributed by atoms with van der Waals surface area (Å²) < 4.78 is 15.6. The predicted octanol–water partition coefficient (Wildman–Crippen LogP) is 3.53. The highest BCUT2D eigenvalue weighted by atomic mass is 16.6. The molecule has 2 rings (SSSR count). The maximum atomic E-state index is 12.3. The van der Waals surface area contributed by atoms with Crippen LogP contribution in [0.5, 0.6) is 11.5 Å². The van der Waals surface area contributed by atoms with E-state index in [1.165, 1.54) is 26.4 Å². The van der Waals surface area contributed by atoms with Crippen LogP contribution in [0.3, 0.4) is 0 Å². The summed E-state index contributed by atoms with van der Waals surface area (Å²) in [5, 5.41) is 10.8. The zero-order valence-electron chi connectivity index (χ0n) is 13.5. The second-order valence-corrected chi connectivity index (χ2v) is 4.97. The second kappa shape index (κ2) is 7.45. The standard InChI is InChI=1S/C17H17NO6/c1-11(12-5-4-6-13(9-12)18(20)21)24-17(19)15-8-7-14(22-2)10-16(15)23-3/h4-11H,1-3H3. The summed E-state index contributed by atoms with van der Waals surface area (Å²) in [5.74, 6) is 0.286. The fraction of sp³-hybridized carbons (Fsp3) is 0.235. The van der Waals surface area contributed by atoms with Crippen molar-refractivity contribution < 1.29 is 23.9 Å². The molecule has 0 fully saturated rings. The number of nitro groups is 1. The molecule has 126 valence electrons. The Morgan fingerprint density at radius 2 is 1.88 bits per heavy atom. The summed E-state index contributed by atoms with van der Waals surface area (Å²) in [7, 11) is 2.95. The number of carbonyl (C=O) groups excluding carboxylic acids is 1. The number of nitro benzene ring substituents is 1. The Labute approximate surface area is 138 Å². The van der Waals surface area contributed by atoms with Crippen LogP contribution in [0.25, 0.3) is 0 Å². The fourth-order valence-corrected chi connectivity index (χ4v) is 2.15. The van der Waals surface area contributed by atoms with Crippen LogP contribution in [-0.2, 0) is 4.74 Å². The molecule has 0 N–H and O–H groups in total. The van der Waals surface area contributed by atoms with Gasteiger partial charge in [-0.25, -0.2) is 4.79 Å². The summed E-state index contributed by atoms with van der Waals surface area (Å²) in [6.45, 7) is 1.65. The van der Waals surface area contributed by atoms with Gasteiger partial charge in [-0.1, -0.05) is 12.1 Å². The summed E-state index contributed by atoms with van der Waals surface area (Å²) in [6.07, 6.45) is -0.649. The predicted molar refractivity (Wildman–Crippen MR) is 86.5 cm³/mol. The Hall–Kier alpha value is -3.09. The lowest BCUT2D eigenvalue weighted by atomic mass is 10.1. The third-order valence-corrected chi connectivity index (χ3v) is 3.46. The number of rotatable bonds is 6. The van der Waals surface area contributed by atoms with E-state index in [9.17, 15) is 14.9 Å². The maximum absolute atomic E-state index is 12.3. The number of non-ortho nitro benzene ring substituents is 1. The first-order valence-corrected chi connectivity index (χ1v) is 7.13. The first kappa shape index (κ1) is 17.3. The highest BCUT2D eigenvalue weighted by Crippen LogP contribution is 2.28. The topological polar surface area (TPSA) is 87.9 Å². The van der Waals surface area contributed by atoms with E-state index < -0.39 is 17.0 Å². The van der Waals surface area contributed by atoms with Crippen LogP contribution >= 0.6 is 0 Å². The van der Waals surface area contributed by atoms with Crippen molar-refractivity contribution in [3.8, 4) is 11.5 Å². The van der Waals surface area contributed by atoms with E-state index in [1.54, 1.807) is 37.3 Å². The van der Waals surface area contributed by atoms with Crippen LogP contribution in [0.4, 0.5) is 5.69 Å². The van der Waals surface area contributed by atoms with Crippen LogP contribution in [0.15, 0.2) is 42.5 Å². The Kier molecular flexibility index (Phi) is 5.36. The molecule has 7 heteroatoms. The van der Waals surface area contributed by atoms with Crippen molar-refractivity contribution in [3.05, 3.63) is 63.7 Å². The Morgan fingerprint density at radius 3 is 2.50 bits per heavy atom. The van der Waals surface area contributed by atoms with E-state index >= 15 is 0 Å². The van der Waals surface area contributed by atoms with E-state index in [2.05, 4.69) is 0 Å². The van der Waals surface area contributed by atoms with Gasteiger partial charge in [0.1, 0.15) is 23.2 Å². The smallest absolute Gasteiger partial charge is 0.342 e. The van der Waals surface area contributed by atoms with Gasteiger partial charge in [-0.05, 0) is 24.6 Å². The Bertz CT molecular complexity index is 758. The molecule has 7 nitrogen and oxygen atoms in total. The Balaban J connectivity index is 2.20. The molecule has 0 amide bonds. The minimum atomic E-state index is -0.649. The van der Waals surface area contributed by atoms with Gasteiger partial charge in [0.2, 0.25) is 0 Å². The summed E-state index contributed by atoms with van der Waals surface area (Å²) >= 11 is 0. The molecule has 0 aliphatic carbocycles. The molecular formula is C17H17NO6. The van der Waals surface area contributed by atoms with Crippen LogP contribution in [-0.4, -0.2) is 25.1 Å². The number of methoxy groups -OCH3 is 2. The van der Waals surface area contributed by atoms with Gasteiger partial charge in [-0.15, -0.1) is 0 Å². The monoisotopic (exact) mass is 331 g/mol. The zero-order valence-corrected chi connectivity index (χ0v) is 13.5. The van der Waals surface area contributed by atoms with Crippen LogP contribution in [0.2, 0.25) is 0 Å². The van der Waals surface area contributed by atoms with Crippen LogP contribution in [0, 0.1) is 10.1 Å². The molecule has 0 bridgehead atoms. The molecule has 1 unspecified atom stereocenters. The molecular weight excluding hydrogens is 314 g/mol. The van der Waals surface area contributed by atoms with Gasteiger partial charge in [0.15, 0.2) is 0 Å². The summed E-state index contributed by atoms with van der Waals surface area (Å²) in [6, 6.07) is 10.7. The van der Waals surface area contributed by atoms with Gasteiger partial charge < -0.3 is 14.2 Å². The van der Waals surface area contributed by atoms with E-state index in [0.717, 1.165) is 0 Å². The Morgan fingerprint density at radius 1 is 1.12 bits per heavy atom. The lowest BCUT2D eigenvalue weighted by Gasteiger charge is -2.15. The lowest BCUT2D eigenvalue weighted by Crippen LogP contribution is -2.11. The highest BCUT2D eigenvalue weighted by Gasteiger charge is 2.19. The average Bonchev–Trinajstić information content (AvgIpc) is 2.60. The molecule has 2 aromatic carbocycles. The minimum absolute atomic E-state index is 0.0579. The molecule has 2 aromatic rings. The van der Waals surface area contributed by atoms with Crippen molar-refractivity contribution >= 4 is 11.7 Å². The number of hydrogen-bond donors (Lipinski definition) is 0. The summed E-state index contributed by atoms with van der Waals surface area (Å²) in [5.41, 5.74) is 0.720. The van der Waals surface area contributed by atoms with Crippen molar-refractivity contribution in [2.75, 3.05) is 14.2 Å². The molecule has 0 saturated carbocycles. The van der Waals surface area contributed by atoms with Gasteiger partial charge in [0.05, 0.1) is 19.1 Å². The quantitative estimate of drug-likeness (QED) is 0.457. The van der Waals surface area contributed by atoms with E-state index in [0.29, 0.717) is 17.1 Å². The number of hydrogen-bond acceptors (Lipinski definition) is 6. The van der Waals surface area contributed by atoms with Gasteiger partial charge in [0.25, 0.3) is 5.69 Å². The summed E-state index contributed by atoms with van der Waals surface area (Å²) in [4.78, 5) is 22.7. The molecule has 0 spiro atoms. The minimum Gasteiger partial charge on any atom is -0.497 e. The third kappa shape index (κ3) is 3.81. The molecule has 0 radical (unpaired) electrons. The largest absolute Gasteiger partial charge is 0.497 e. The number of nitrogens with zero attached hydrogens (tertiary/aromatic N) is 1. The number of benzene rings is 2. The number of ether oxygens (including phenoxy) is 3. The first-order chi connectivity index (χ1) is 11.5. The lowest BCUT2D eigenvalue weighted by molar-refractivity contribution is -0.385. The first-order valence-electron chi connectivity index (χ1n) is 7.13. The highest BCUT2D eigenvalue weighted by molar-refractivity contribution is 5.93. The maximum Gasteiger partial charge on any atom is 0.342 e. The van der Waals surface area contributed by atoms with Crippen molar-refractivity contribution in [2.45, 2.75) is 13.0 Å².